The molecule has 0 unspecified atom stereocenters. The molecule has 1 fully saturated rings. The Balaban J connectivity index is 1.78. The second-order valence-corrected chi connectivity index (χ2v) is 6.98. The summed E-state index contributed by atoms with van der Waals surface area (Å²) in [7, 11) is 0. The smallest absolute Gasteiger partial charge is 0.233 e. The molecule has 1 aliphatic carbocycles. The zero-order valence-corrected chi connectivity index (χ0v) is 16.0. The molecule has 0 bridgehead atoms. The molecule has 1 aliphatic rings. The van der Waals surface area contributed by atoms with E-state index in [1.165, 1.54) is 32.1 Å². The van der Waals surface area contributed by atoms with Gasteiger partial charge in [0.25, 0.3) is 0 Å². The highest BCUT2D eigenvalue weighted by molar-refractivity contribution is 5.67. The normalized spacial score (nSPS) is 15.0. The van der Waals surface area contributed by atoms with Crippen LogP contribution in [0.3, 0.4) is 0 Å². The molecule has 2 aromatic rings. The Morgan fingerprint density at radius 3 is 2.46 bits per heavy atom. The Bertz CT molecular complexity index is 679. The van der Waals surface area contributed by atoms with Gasteiger partial charge in [-0.1, -0.05) is 31.9 Å². The van der Waals surface area contributed by atoms with E-state index in [9.17, 15) is 0 Å². The van der Waals surface area contributed by atoms with Crippen LogP contribution in [-0.4, -0.2) is 22.9 Å². The predicted molar refractivity (Wildman–Crippen MR) is 105 cm³/mol. The standard InChI is InChI=1S/C22H30N2O2/c1-3-5-11-21-20(16-22(24-23-21)25-4-2)17-12-14-19(15-13-17)26-18-9-7-6-8-10-18/h12-16,18H,3-11H2,1-2H3. The lowest BCUT2D eigenvalue weighted by molar-refractivity contribution is 0.155. The van der Waals surface area contributed by atoms with Crippen molar-refractivity contribution in [3.8, 4) is 22.8 Å². The quantitative estimate of drug-likeness (QED) is 0.619. The molecule has 1 heterocycles. The fraction of sp³-hybridized carbons (Fsp3) is 0.545. The molecule has 0 saturated heterocycles. The SMILES string of the molecule is CCCCc1nnc(OCC)cc1-c1ccc(OC2CCCCC2)cc1. The zero-order chi connectivity index (χ0) is 18.2. The second-order valence-electron chi connectivity index (χ2n) is 6.98. The van der Waals surface area contributed by atoms with Gasteiger partial charge in [-0.3, -0.25) is 0 Å². The van der Waals surface area contributed by atoms with Gasteiger partial charge in [-0.2, -0.15) is 5.10 Å². The average Bonchev–Trinajstić information content (AvgIpc) is 2.69. The van der Waals surface area contributed by atoms with Gasteiger partial charge >= 0.3 is 0 Å². The number of aromatic nitrogens is 2. The number of unbranched alkanes of at least 4 members (excludes halogenated alkanes) is 1. The van der Waals surface area contributed by atoms with E-state index in [-0.39, 0.29) is 0 Å². The number of hydrogen-bond donors (Lipinski definition) is 0. The van der Waals surface area contributed by atoms with Gasteiger partial charge in [0.1, 0.15) is 5.75 Å². The molecule has 140 valence electrons. The molecule has 3 rings (SSSR count). The van der Waals surface area contributed by atoms with Crippen LogP contribution >= 0.6 is 0 Å². The van der Waals surface area contributed by atoms with Crippen LogP contribution in [0, 0.1) is 0 Å². The van der Waals surface area contributed by atoms with Gasteiger partial charge in [0, 0.05) is 11.6 Å². The molecular weight excluding hydrogens is 324 g/mol. The molecule has 0 atom stereocenters. The molecular formula is C22H30N2O2. The van der Waals surface area contributed by atoms with Gasteiger partial charge in [0.2, 0.25) is 5.88 Å². The first-order chi connectivity index (χ1) is 12.8. The van der Waals surface area contributed by atoms with E-state index in [1.807, 2.05) is 13.0 Å². The van der Waals surface area contributed by atoms with Crippen molar-refractivity contribution in [2.75, 3.05) is 6.61 Å². The van der Waals surface area contributed by atoms with Crippen molar-refractivity contribution in [2.45, 2.75) is 71.3 Å². The Labute approximate surface area is 156 Å². The third-order valence-corrected chi connectivity index (χ3v) is 4.93. The number of rotatable bonds is 8. The van der Waals surface area contributed by atoms with Crippen molar-refractivity contribution in [2.24, 2.45) is 0 Å². The molecule has 1 aromatic carbocycles. The summed E-state index contributed by atoms with van der Waals surface area (Å²) in [6, 6.07) is 10.4. The third-order valence-electron chi connectivity index (χ3n) is 4.93. The Morgan fingerprint density at radius 2 is 1.77 bits per heavy atom. The summed E-state index contributed by atoms with van der Waals surface area (Å²) in [5.74, 6) is 1.55. The molecule has 26 heavy (non-hydrogen) atoms. The van der Waals surface area contributed by atoms with E-state index in [4.69, 9.17) is 9.47 Å². The summed E-state index contributed by atoms with van der Waals surface area (Å²) in [5.41, 5.74) is 3.29. The Hall–Kier alpha value is -2.10. The Morgan fingerprint density at radius 1 is 1.00 bits per heavy atom. The lowest BCUT2D eigenvalue weighted by Crippen LogP contribution is -2.19. The van der Waals surface area contributed by atoms with Crippen LogP contribution in [-0.2, 0) is 6.42 Å². The topological polar surface area (TPSA) is 44.2 Å². The van der Waals surface area contributed by atoms with E-state index in [0.29, 0.717) is 18.6 Å². The van der Waals surface area contributed by atoms with Crippen LogP contribution in [0.15, 0.2) is 30.3 Å². The maximum atomic E-state index is 6.15. The van der Waals surface area contributed by atoms with Gasteiger partial charge in [-0.15, -0.1) is 5.10 Å². The summed E-state index contributed by atoms with van der Waals surface area (Å²) >= 11 is 0. The van der Waals surface area contributed by atoms with E-state index in [2.05, 4.69) is 41.4 Å². The van der Waals surface area contributed by atoms with Gasteiger partial charge in [0.05, 0.1) is 18.4 Å². The van der Waals surface area contributed by atoms with Crippen molar-refractivity contribution >= 4 is 0 Å². The number of aryl methyl sites for hydroxylation is 1. The van der Waals surface area contributed by atoms with Crippen LogP contribution in [0.25, 0.3) is 11.1 Å². The minimum atomic E-state index is 0.377. The van der Waals surface area contributed by atoms with Gasteiger partial charge in [0.15, 0.2) is 0 Å². The molecule has 0 N–H and O–H groups in total. The van der Waals surface area contributed by atoms with E-state index >= 15 is 0 Å². The highest BCUT2D eigenvalue weighted by Gasteiger charge is 2.15. The fourth-order valence-corrected chi connectivity index (χ4v) is 3.48. The molecule has 0 amide bonds. The maximum Gasteiger partial charge on any atom is 0.233 e. The number of hydrogen-bond acceptors (Lipinski definition) is 4. The molecule has 1 saturated carbocycles. The minimum absolute atomic E-state index is 0.377. The molecule has 1 aromatic heterocycles. The summed E-state index contributed by atoms with van der Waals surface area (Å²) in [6.45, 7) is 4.75. The predicted octanol–water partition coefficient (Wildman–Crippen LogP) is 5.60. The van der Waals surface area contributed by atoms with Crippen molar-refractivity contribution in [3.63, 3.8) is 0 Å². The fourth-order valence-electron chi connectivity index (χ4n) is 3.48. The van der Waals surface area contributed by atoms with Crippen molar-refractivity contribution < 1.29 is 9.47 Å². The van der Waals surface area contributed by atoms with Crippen LogP contribution in [0.5, 0.6) is 11.6 Å². The summed E-state index contributed by atoms with van der Waals surface area (Å²) in [6.07, 6.45) is 9.83. The lowest BCUT2D eigenvalue weighted by atomic mass is 9.97. The highest BCUT2D eigenvalue weighted by Crippen LogP contribution is 2.29. The highest BCUT2D eigenvalue weighted by atomic mass is 16.5. The van der Waals surface area contributed by atoms with Gasteiger partial charge in [-0.05, 0) is 63.1 Å². The largest absolute Gasteiger partial charge is 0.490 e. The monoisotopic (exact) mass is 354 g/mol. The van der Waals surface area contributed by atoms with E-state index in [1.54, 1.807) is 0 Å². The van der Waals surface area contributed by atoms with E-state index in [0.717, 1.165) is 41.8 Å². The molecule has 0 spiro atoms. The first kappa shape index (κ1) is 18.7. The minimum Gasteiger partial charge on any atom is -0.490 e. The summed E-state index contributed by atoms with van der Waals surface area (Å²) < 4.78 is 11.7. The molecule has 4 heteroatoms. The van der Waals surface area contributed by atoms with Crippen LogP contribution < -0.4 is 9.47 Å². The van der Waals surface area contributed by atoms with Crippen molar-refractivity contribution in [3.05, 3.63) is 36.0 Å². The first-order valence-electron chi connectivity index (χ1n) is 10.1. The summed E-state index contributed by atoms with van der Waals surface area (Å²) in [4.78, 5) is 0. The zero-order valence-electron chi connectivity index (χ0n) is 16.0. The first-order valence-corrected chi connectivity index (χ1v) is 10.1. The Kier molecular flexibility index (Phi) is 6.87. The third kappa shape index (κ3) is 4.96. The molecule has 0 aliphatic heterocycles. The van der Waals surface area contributed by atoms with Crippen LogP contribution in [0.1, 0.15) is 64.5 Å². The van der Waals surface area contributed by atoms with Crippen LogP contribution in [0.2, 0.25) is 0 Å². The average molecular weight is 354 g/mol. The van der Waals surface area contributed by atoms with Gasteiger partial charge < -0.3 is 9.47 Å². The lowest BCUT2D eigenvalue weighted by Gasteiger charge is -2.23. The maximum absolute atomic E-state index is 6.15. The van der Waals surface area contributed by atoms with Crippen LogP contribution in [0.4, 0.5) is 0 Å². The van der Waals surface area contributed by atoms with Gasteiger partial charge in [-0.25, -0.2) is 0 Å². The summed E-state index contributed by atoms with van der Waals surface area (Å²) in [5, 5.41) is 8.63. The molecule has 4 nitrogen and oxygen atoms in total. The number of benzene rings is 1. The van der Waals surface area contributed by atoms with Crippen molar-refractivity contribution in [1.29, 1.82) is 0 Å². The number of ether oxygens (including phenoxy) is 2. The van der Waals surface area contributed by atoms with E-state index < -0.39 is 0 Å². The number of nitrogens with zero attached hydrogens (tertiary/aromatic N) is 2. The molecule has 0 radical (unpaired) electrons. The second kappa shape index (κ2) is 9.56. The van der Waals surface area contributed by atoms with Crippen molar-refractivity contribution in [1.82, 2.24) is 10.2 Å².